The van der Waals surface area contributed by atoms with Crippen LogP contribution in [-0.4, -0.2) is 29.6 Å². The van der Waals surface area contributed by atoms with Gasteiger partial charge in [0, 0.05) is 16.6 Å². The number of carbonyl (C=O) groups is 1. The minimum Gasteiger partial charge on any atom is -0.321 e. The summed E-state index contributed by atoms with van der Waals surface area (Å²) in [4.78, 5) is 26.3. The lowest BCUT2D eigenvalue weighted by Crippen LogP contribution is -2.40. The zero-order valence-corrected chi connectivity index (χ0v) is 19.8. The second-order valence-corrected chi connectivity index (χ2v) is 10.5. The average Bonchev–Trinajstić information content (AvgIpc) is 2.79. The van der Waals surface area contributed by atoms with Gasteiger partial charge < -0.3 is 5.32 Å². The number of fused-ring (bicyclic) bond motifs is 1. The van der Waals surface area contributed by atoms with Crippen LogP contribution >= 0.6 is 0 Å². The fraction of sp³-hybridized carbons (Fsp3) is 0.160. The van der Waals surface area contributed by atoms with E-state index in [2.05, 4.69) is 15.1 Å². The molecule has 1 amide bonds. The quantitative estimate of drug-likeness (QED) is 0.456. The zero-order chi connectivity index (χ0) is 24.5. The summed E-state index contributed by atoms with van der Waals surface area (Å²) >= 11 is 0. The summed E-state index contributed by atoms with van der Waals surface area (Å²) in [5.74, 6) is -0.570. The number of para-hydroxylation sites is 1. The van der Waals surface area contributed by atoms with E-state index in [1.54, 1.807) is 81.4 Å². The number of anilines is 1. The molecule has 0 atom stereocenters. The maximum absolute atomic E-state index is 13.3. The van der Waals surface area contributed by atoms with E-state index < -0.39 is 21.5 Å². The van der Waals surface area contributed by atoms with E-state index in [1.165, 1.54) is 16.8 Å². The highest BCUT2D eigenvalue weighted by Gasteiger charge is 2.23. The smallest absolute Gasteiger partial charge is 0.279 e. The average molecular weight is 477 g/mol. The number of benzene rings is 3. The van der Waals surface area contributed by atoms with Gasteiger partial charge in [-0.05, 0) is 57.2 Å². The number of rotatable bonds is 5. The lowest BCUT2D eigenvalue weighted by atomic mass is 10.1. The Morgan fingerprint density at radius 3 is 2.21 bits per heavy atom. The van der Waals surface area contributed by atoms with Crippen molar-refractivity contribution in [3.63, 3.8) is 0 Å². The molecule has 0 saturated carbocycles. The van der Waals surface area contributed by atoms with Gasteiger partial charge in [0.15, 0.2) is 5.69 Å². The molecule has 4 aromatic rings. The van der Waals surface area contributed by atoms with Gasteiger partial charge in [0.25, 0.3) is 11.5 Å². The van der Waals surface area contributed by atoms with E-state index in [4.69, 9.17) is 0 Å². The van der Waals surface area contributed by atoms with E-state index >= 15 is 0 Å². The minimum absolute atomic E-state index is 0.0206. The first-order valence-electron chi connectivity index (χ1n) is 10.6. The molecule has 4 rings (SSSR count). The standard InChI is InChI=1S/C25H24N4O4S/c1-25(2,3)28-34(32,33)19-13-9-10-17(16-19)26-23(30)22-20-14-7-8-15-21(20)24(31)29(27-22)18-11-5-4-6-12-18/h4-16,28H,1-3H3,(H,26,30). The summed E-state index contributed by atoms with van der Waals surface area (Å²) in [7, 11) is -3.79. The van der Waals surface area contributed by atoms with Crippen molar-refractivity contribution in [2.45, 2.75) is 31.2 Å². The number of sulfonamides is 1. The van der Waals surface area contributed by atoms with Crippen LogP contribution in [0.5, 0.6) is 0 Å². The third kappa shape index (κ3) is 4.90. The van der Waals surface area contributed by atoms with Crippen molar-refractivity contribution in [3.05, 3.63) is 94.9 Å². The lowest BCUT2D eigenvalue weighted by molar-refractivity contribution is 0.102. The number of hydrogen-bond acceptors (Lipinski definition) is 5. The Morgan fingerprint density at radius 2 is 1.53 bits per heavy atom. The zero-order valence-electron chi connectivity index (χ0n) is 18.9. The number of hydrogen-bond donors (Lipinski definition) is 2. The molecular weight excluding hydrogens is 452 g/mol. The number of nitrogens with one attached hydrogen (secondary N) is 2. The first-order chi connectivity index (χ1) is 16.0. The van der Waals surface area contributed by atoms with Crippen LogP contribution in [0.3, 0.4) is 0 Å². The van der Waals surface area contributed by atoms with Crippen LogP contribution in [0.15, 0.2) is 88.6 Å². The minimum atomic E-state index is -3.79. The molecule has 0 bridgehead atoms. The van der Waals surface area contributed by atoms with Crippen molar-refractivity contribution in [1.82, 2.24) is 14.5 Å². The second kappa shape index (κ2) is 8.85. The summed E-state index contributed by atoms with van der Waals surface area (Å²) in [5.41, 5.74) is -0.162. The molecule has 34 heavy (non-hydrogen) atoms. The summed E-state index contributed by atoms with van der Waals surface area (Å²) in [6.45, 7) is 5.23. The Bertz CT molecular complexity index is 1540. The molecule has 0 saturated heterocycles. The lowest BCUT2D eigenvalue weighted by Gasteiger charge is -2.20. The molecule has 2 N–H and O–H groups in total. The van der Waals surface area contributed by atoms with Gasteiger partial charge in [-0.1, -0.05) is 42.5 Å². The van der Waals surface area contributed by atoms with Gasteiger partial charge in [0.05, 0.1) is 16.0 Å². The number of aromatic nitrogens is 2. The molecule has 0 spiro atoms. The van der Waals surface area contributed by atoms with E-state index in [1.807, 2.05) is 6.07 Å². The van der Waals surface area contributed by atoms with E-state index in [-0.39, 0.29) is 21.8 Å². The van der Waals surface area contributed by atoms with Crippen molar-refractivity contribution in [2.24, 2.45) is 0 Å². The number of nitrogens with zero attached hydrogens (tertiary/aromatic N) is 2. The van der Waals surface area contributed by atoms with Crippen LogP contribution in [-0.2, 0) is 10.0 Å². The normalized spacial score (nSPS) is 12.0. The predicted molar refractivity (Wildman–Crippen MR) is 132 cm³/mol. The monoisotopic (exact) mass is 476 g/mol. The Balaban J connectivity index is 1.75. The van der Waals surface area contributed by atoms with Crippen LogP contribution in [0.4, 0.5) is 5.69 Å². The largest absolute Gasteiger partial charge is 0.321 e. The van der Waals surface area contributed by atoms with E-state index in [0.717, 1.165) is 0 Å². The second-order valence-electron chi connectivity index (χ2n) is 8.78. The van der Waals surface area contributed by atoms with E-state index in [0.29, 0.717) is 16.5 Å². The summed E-state index contributed by atoms with van der Waals surface area (Å²) in [6, 6.07) is 21.5. The number of amides is 1. The third-order valence-corrected chi connectivity index (χ3v) is 6.62. The van der Waals surface area contributed by atoms with Gasteiger partial charge in [-0.15, -0.1) is 0 Å². The highest BCUT2D eigenvalue weighted by atomic mass is 32.2. The fourth-order valence-electron chi connectivity index (χ4n) is 3.49. The molecule has 3 aromatic carbocycles. The maximum Gasteiger partial charge on any atom is 0.279 e. The Labute approximate surface area is 197 Å². The van der Waals surface area contributed by atoms with Gasteiger partial charge in [0.1, 0.15) is 0 Å². The summed E-state index contributed by atoms with van der Waals surface area (Å²) < 4.78 is 29.2. The maximum atomic E-state index is 13.3. The molecule has 174 valence electrons. The van der Waals surface area contributed by atoms with Gasteiger partial charge in [0.2, 0.25) is 10.0 Å². The van der Waals surface area contributed by atoms with Crippen LogP contribution in [0.2, 0.25) is 0 Å². The first kappa shape index (κ1) is 23.3. The van der Waals surface area contributed by atoms with Crippen LogP contribution in [0.25, 0.3) is 16.5 Å². The molecule has 0 unspecified atom stereocenters. The first-order valence-corrected chi connectivity index (χ1v) is 12.1. The highest BCUT2D eigenvalue weighted by molar-refractivity contribution is 7.89. The predicted octanol–water partition coefficient (Wildman–Crippen LogP) is 3.71. The molecule has 0 fully saturated rings. The molecule has 1 heterocycles. The third-order valence-electron chi connectivity index (χ3n) is 4.86. The van der Waals surface area contributed by atoms with Crippen LogP contribution in [0, 0.1) is 0 Å². The molecule has 8 nitrogen and oxygen atoms in total. The summed E-state index contributed by atoms with van der Waals surface area (Å²) in [6.07, 6.45) is 0. The molecule has 0 aliphatic rings. The van der Waals surface area contributed by atoms with Crippen molar-refractivity contribution < 1.29 is 13.2 Å². The van der Waals surface area contributed by atoms with Crippen molar-refractivity contribution in [3.8, 4) is 5.69 Å². The van der Waals surface area contributed by atoms with Crippen molar-refractivity contribution in [2.75, 3.05) is 5.32 Å². The number of carbonyl (C=O) groups excluding carboxylic acids is 1. The van der Waals surface area contributed by atoms with Crippen molar-refractivity contribution in [1.29, 1.82) is 0 Å². The Morgan fingerprint density at radius 1 is 0.882 bits per heavy atom. The molecule has 0 radical (unpaired) electrons. The van der Waals surface area contributed by atoms with Crippen LogP contribution in [0.1, 0.15) is 31.3 Å². The van der Waals surface area contributed by atoms with Gasteiger partial charge in [-0.3, -0.25) is 9.59 Å². The van der Waals surface area contributed by atoms with Gasteiger partial charge in [-0.2, -0.15) is 9.78 Å². The molecule has 0 aliphatic heterocycles. The molecular formula is C25H24N4O4S. The molecule has 9 heteroatoms. The van der Waals surface area contributed by atoms with Gasteiger partial charge in [-0.25, -0.2) is 13.1 Å². The molecule has 0 aliphatic carbocycles. The molecule has 1 aromatic heterocycles. The van der Waals surface area contributed by atoms with Crippen molar-refractivity contribution >= 4 is 32.4 Å². The fourth-order valence-corrected chi connectivity index (χ4v) is 4.96. The summed E-state index contributed by atoms with van der Waals surface area (Å²) in [5, 5.41) is 7.81. The Hall–Kier alpha value is -3.82. The van der Waals surface area contributed by atoms with Crippen LogP contribution < -0.4 is 15.6 Å². The topological polar surface area (TPSA) is 110 Å². The van der Waals surface area contributed by atoms with E-state index in [9.17, 15) is 18.0 Å². The highest BCUT2D eigenvalue weighted by Crippen LogP contribution is 2.20. The Kier molecular flexibility index (Phi) is 6.07. The van der Waals surface area contributed by atoms with Gasteiger partial charge >= 0.3 is 0 Å². The SMILES string of the molecule is CC(C)(C)NS(=O)(=O)c1cccc(NC(=O)c2nn(-c3ccccc3)c(=O)c3ccccc23)c1.